The van der Waals surface area contributed by atoms with Gasteiger partial charge in [0.25, 0.3) is 11.5 Å². The Hall–Kier alpha value is -1.58. The van der Waals surface area contributed by atoms with Crippen LogP contribution in [0.5, 0.6) is 0 Å². The van der Waals surface area contributed by atoms with Crippen LogP contribution < -0.4 is 10.9 Å². The summed E-state index contributed by atoms with van der Waals surface area (Å²) in [5, 5.41) is 2.90. The van der Waals surface area contributed by atoms with E-state index in [2.05, 4.69) is 24.1 Å². The van der Waals surface area contributed by atoms with E-state index >= 15 is 0 Å². The second-order valence-electron chi connectivity index (χ2n) is 5.73. The number of nitrogens with one attached hydrogen (secondary N) is 2. The van der Waals surface area contributed by atoms with Gasteiger partial charge >= 0.3 is 0 Å². The van der Waals surface area contributed by atoms with Gasteiger partial charge in [0.1, 0.15) is 5.56 Å². The lowest BCUT2D eigenvalue weighted by atomic mass is 10.0. The maximum atomic E-state index is 12.2. The molecule has 0 aromatic carbocycles. The molecule has 0 saturated heterocycles. The van der Waals surface area contributed by atoms with Crippen LogP contribution in [0.15, 0.2) is 10.9 Å². The lowest BCUT2D eigenvalue weighted by Crippen LogP contribution is -2.37. The molecule has 0 aliphatic carbocycles. The lowest BCUT2D eigenvalue weighted by molar-refractivity contribution is 0.0934. The molecule has 0 radical (unpaired) electrons. The predicted molar refractivity (Wildman–Crippen MR) is 82.2 cm³/mol. The first kappa shape index (κ1) is 16.5. The predicted octanol–water partition coefficient (Wildman–Crippen LogP) is 2.66. The fraction of sp³-hybridized carbons (Fsp3) is 0.625. The van der Waals surface area contributed by atoms with Crippen LogP contribution in [-0.4, -0.2) is 16.9 Å². The highest BCUT2D eigenvalue weighted by molar-refractivity contribution is 5.94. The van der Waals surface area contributed by atoms with Crippen molar-refractivity contribution in [3.63, 3.8) is 0 Å². The minimum absolute atomic E-state index is 0.0674. The molecule has 0 fully saturated rings. The standard InChI is InChI=1S/C16H26N2O2/c1-6-12-9-13(16(20)18-14(12)7-2)15(19)17-11(5)8-10(3)4/h9-11H,6-8H2,1-5H3,(H,17,19)(H,18,20)/t11-/m0/s1. The number of carbonyl (C=O) groups is 1. The van der Waals surface area contributed by atoms with E-state index in [1.807, 2.05) is 20.8 Å². The first-order valence-electron chi connectivity index (χ1n) is 7.44. The number of hydrogen-bond acceptors (Lipinski definition) is 2. The number of rotatable bonds is 6. The topological polar surface area (TPSA) is 62.0 Å². The summed E-state index contributed by atoms with van der Waals surface area (Å²) in [5.41, 5.74) is 1.88. The van der Waals surface area contributed by atoms with E-state index < -0.39 is 0 Å². The van der Waals surface area contributed by atoms with Crippen molar-refractivity contribution in [3.8, 4) is 0 Å². The molecule has 0 unspecified atom stereocenters. The van der Waals surface area contributed by atoms with Gasteiger partial charge in [0.15, 0.2) is 0 Å². The van der Waals surface area contributed by atoms with Gasteiger partial charge in [-0.3, -0.25) is 9.59 Å². The monoisotopic (exact) mass is 278 g/mol. The smallest absolute Gasteiger partial charge is 0.261 e. The van der Waals surface area contributed by atoms with E-state index in [4.69, 9.17) is 0 Å². The van der Waals surface area contributed by atoms with Gasteiger partial charge in [0, 0.05) is 11.7 Å². The van der Waals surface area contributed by atoms with Crippen LogP contribution in [0.4, 0.5) is 0 Å². The molecule has 20 heavy (non-hydrogen) atoms. The Kier molecular flexibility index (Phi) is 5.99. The summed E-state index contributed by atoms with van der Waals surface area (Å²) in [6.45, 7) is 10.2. The van der Waals surface area contributed by atoms with E-state index in [1.165, 1.54) is 0 Å². The molecule has 1 aromatic heterocycles. The van der Waals surface area contributed by atoms with Crippen molar-refractivity contribution in [3.05, 3.63) is 33.2 Å². The van der Waals surface area contributed by atoms with Gasteiger partial charge in [-0.05, 0) is 43.7 Å². The molecule has 0 aliphatic rings. The van der Waals surface area contributed by atoms with E-state index in [-0.39, 0.29) is 23.1 Å². The fourth-order valence-corrected chi connectivity index (χ4v) is 2.48. The van der Waals surface area contributed by atoms with E-state index in [0.717, 1.165) is 30.5 Å². The maximum absolute atomic E-state index is 12.2. The molecule has 4 nitrogen and oxygen atoms in total. The molecule has 0 aliphatic heterocycles. The SMILES string of the molecule is CCc1cc(C(=O)N[C@@H](C)CC(C)C)c(=O)[nH]c1CC. The summed E-state index contributed by atoms with van der Waals surface area (Å²) < 4.78 is 0. The van der Waals surface area contributed by atoms with E-state index in [9.17, 15) is 9.59 Å². The fourth-order valence-electron chi connectivity index (χ4n) is 2.48. The van der Waals surface area contributed by atoms with Gasteiger partial charge in [-0.1, -0.05) is 27.7 Å². The molecule has 4 heteroatoms. The van der Waals surface area contributed by atoms with Gasteiger partial charge < -0.3 is 10.3 Å². The number of aromatic nitrogens is 1. The Morgan fingerprint density at radius 2 is 1.90 bits per heavy atom. The lowest BCUT2D eigenvalue weighted by Gasteiger charge is -2.16. The summed E-state index contributed by atoms with van der Waals surface area (Å²) in [5.74, 6) is 0.231. The summed E-state index contributed by atoms with van der Waals surface area (Å²) in [4.78, 5) is 27.0. The molecular weight excluding hydrogens is 252 g/mol. The zero-order valence-corrected chi connectivity index (χ0v) is 13.2. The number of carbonyl (C=O) groups excluding carboxylic acids is 1. The molecule has 0 bridgehead atoms. The highest BCUT2D eigenvalue weighted by atomic mass is 16.2. The first-order chi connectivity index (χ1) is 9.38. The summed E-state index contributed by atoms with van der Waals surface area (Å²) in [6.07, 6.45) is 2.48. The Labute approximate surface area is 121 Å². The second kappa shape index (κ2) is 7.27. The Morgan fingerprint density at radius 3 is 2.40 bits per heavy atom. The summed E-state index contributed by atoms with van der Waals surface area (Å²) >= 11 is 0. The van der Waals surface area contributed by atoms with E-state index in [0.29, 0.717) is 5.92 Å². The largest absolute Gasteiger partial charge is 0.349 e. The van der Waals surface area contributed by atoms with Gasteiger partial charge in [-0.15, -0.1) is 0 Å². The number of aromatic amines is 1. The highest BCUT2D eigenvalue weighted by Gasteiger charge is 2.16. The quantitative estimate of drug-likeness (QED) is 0.840. The van der Waals surface area contributed by atoms with Gasteiger partial charge in [-0.25, -0.2) is 0 Å². The number of pyridine rings is 1. The van der Waals surface area contributed by atoms with Crippen molar-refractivity contribution in [1.29, 1.82) is 0 Å². The molecule has 1 amide bonds. The average Bonchev–Trinajstić information content (AvgIpc) is 2.36. The van der Waals surface area contributed by atoms with Crippen LogP contribution in [0.2, 0.25) is 0 Å². The number of aryl methyl sites for hydroxylation is 2. The Balaban J connectivity index is 2.96. The third kappa shape index (κ3) is 4.22. The third-order valence-electron chi connectivity index (χ3n) is 3.40. The summed E-state index contributed by atoms with van der Waals surface area (Å²) in [6, 6.07) is 1.80. The van der Waals surface area contributed by atoms with Crippen LogP contribution in [0, 0.1) is 5.92 Å². The van der Waals surface area contributed by atoms with Crippen molar-refractivity contribution in [2.45, 2.75) is 59.9 Å². The molecule has 0 saturated carbocycles. The van der Waals surface area contributed by atoms with Crippen molar-refractivity contribution < 1.29 is 4.79 Å². The van der Waals surface area contributed by atoms with Gasteiger partial charge in [0.2, 0.25) is 0 Å². The normalized spacial score (nSPS) is 12.5. The van der Waals surface area contributed by atoms with Crippen molar-refractivity contribution in [2.24, 2.45) is 5.92 Å². The third-order valence-corrected chi connectivity index (χ3v) is 3.40. The molecule has 1 heterocycles. The Morgan fingerprint density at radius 1 is 1.25 bits per heavy atom. The van der Waals surface area contributed by atoms with Crippen LogP contribution in [-0.2, 0) is 12.8 Å². The van der Waals surface area contributed by atoms with Crippen LogP contribution in [0.25, 0.3) is 0 Å². The van der Waals surface area contributed by atoms with Crippen molar-refractivity contribution in [1.82, 2.24) is 10.3 Å². The number of amides is 1. The van der Waals surface area contributed by atoms with Crippen LogP contribution in [0.1, 0.15) is 62.7 Å². The van der Waals surface area contributed by atoms with Gasteiger partial charge in [-0.2, -0.15) is 0 Å². The minimum atomic E-state index is -0.298. The van der Waals surface area contributed by atoms with Crippen LogP contribution >= 0.6 is 0 Å². The molecule has 1 atom stereocenters. The maximum Gasteiger partial charge on any atom is 0.261 e. The minimum Gasteiger partial charge on any atom is -0.349 e. The van der Waals surface area contributed by atoms with Crippen molar-refractivity contribution in [2.75, 3.05) is 0 Å². The number of hydrogen-bond donors (Lipinski definition) is 2. The number of H-pyrrole nitrogens is 1. The molecule has 1 rings (SSSR count). The second-order valence-corrected chi connectivity index (χ2v) is 5.73. The molecular formula is C16H26N2O2. The molecule has 112 valence electrons. The van der Waals surface area contributed by atoms with Gasteiger partial charge in [0.05, 0.1) is 0 Å². The van der Waals surface area contributed by atoms with E-state index in [1.54, 1.807) is 6.07 Å². The molecule has 2 N–H and O–H groups in total. The highest BCUT2D eigenvalue weighted by Crippen LogP contribution is 2.09. The summed E-state index contributed by atoms with van der Waals surface area (Å²) in [7, 11) is 0. The first-order valence-corrected chi connectivity index (χ1v) is 7.44. The average molecular weight is 278 g/mol. The zero-order valence-electron chi connectivity index (χ0n) is 13.2. The van der Waals surface area contributed by atoms with Crippen molar-refractivity contribution >= 4 is 5.91 Å². The Bertz CT molecular complexity index is 518. The molecule has 1 aromatic rings. The zero-order chi connectivity index (χ0) is 15.3. The molecule has 0 spiro atoms. The van der Waals surface area contributed by atoms with Crippen LogP contribution in [0.3, 0.4) is 0 Å².